The number of fused-ring (bicyclic) bond motifs is 1. The molecule has 0 unspecified atom stereocenters. The Morgan fingerprint density at radius 3 is 2.18 bits per heavy atom. The molecule has 0 atom stereocenters. The van der Waals surface area contributed by atoms with Crippen molar-refractivity contribution in [2.24, 2.45) is 5.73 Å². The average Bonchev–Trinajstić information content (AvgIpc) is 3.13. The normalized spacial score (nSPS) is 10.4. The fourth-order valence-electron chi connectivity index (χ4n) is 2.56. The third kappa shape index (κ3) is 4.70. The molecule has 0 aliphatic carbocycles. The summed E-state index contributed by atoms with van der Waals surface area (Å²) in [6.07, 6.45) is 3.57. The molecule has 4 aromatic rings. The van der Waals surface area contributed by atoms with Crippen molar-refractivity contribution in [3.8, 4) is 11.3 Å². The van der Waals surface area contributed by atoms with Gasteiger partial charge in [-0.3, -0.25) is 0 Å². The van der Waals surface area contributed by atoms with E-state index in [2.05, 4.69) is 4.98 Å². The Morgan fingerprint density at radius 1 is 1.00 bits per heavy atom. The number of nitrogens with two attached hydrogens (primary N) is 1. The van der Waals surface area contributed by atoms with E-state index in [9.17, 15) is 4.79 Å². The Kier molecular flexibility index (Phi) is 6.31. The molecule has 0 saturated carbocycles. The topological polar surface area (TPSA) is 80.6 Å². The molecule has 0 aliphatic heterocycles. The minimum atomic E-state index is -0.987. The third-order valence-electron chi connectivity index (χ3n) is 4.00. The first-order valence-electron chi connectivity index (χ1n) is 8.39. The van der Waals surface area contributed by atoms with Crippen LogP contribution in [-0.2, 0) is 6.54 Å². The molecule has 142 valence electrons. The van der Waals surface area contributed by atoms with E-state index < -0.39 is 5.97 Å². The number of carbonyl (C=O) groups is 1. The Hall–Kier alpha value is -2.86. The zero-order valence-corrected chi connectivity index (χ0v) is 16.2. The molecular formula is C21H17Cl2N3O2. The number of aromatic nitrogens is 2. The summed E-state index contributed by atoms with van der Waals surface area (Å²) < 4.78 is 1.70. The number of carboxylic acid groups (broad SMARTS) is 1. The number of aromatic carboxylic acids is 1. The van der Waals surface area contributed by atoms with Crippen molar-refractivity contribution >= 4 is 34.8 Å². The first kappa shape index (κ1) is 19.9. The number of rotatable bonds is 3. The molecule has 0 bridgehead atoms. The summed E-state index contributed by atoms with van der Waals surface area (Å²) in [4.78, 5) is 15.5. The molecule has 0 radical (unpaired) electrons. The fraction of sp³-hybridized carbons (Fsp3) is 0.0476. The standard InChI is InChI=1S/C14H9ClN2O2.C7H8ClN/c15-10-5-3-9(4-6-10)12-8-17-7-1-2-11(14(18)19)13(17)16-12;8-7-3-1-6(5-9)2-4-7/h1-8H,(H,18,19);1-4H,5,9H2. The van der Waals surface area contributed by atoms with Crippen molar-refractivity contribution in [1.82, 2.24) is 9.38 Å². The van der Waals surface area contributed by atoms with Gasteiger partial charge in [0.15, 0.2) is 5.65 Å². The van der Waals surface area contributed by atoms with Gasteiger partial charge >= 0.3 is 5.97 Å². The van der Waals surface area contributed by atoms with Crippen molar-refractivity contribution in [2.45, 2.75) is 6.54 Å². The maximum atomic E-state index is 11.1. The number of carboxylic acids is 1. The van der Waals surface area contributed by atoms with Crippen LogP contribution in [0, 0.1) is 0 Å². The van der Waals surface area contributed by atoms with Crippen molar-refractivity contribution in [1.29, 1.82) is 0 Å². The molecule has 0 spiro atoms. The maximum absolute atomic E-state index is 11.1. The van der Waals surface area contributed by atoms with Gasteiger partial charge in [0, 0.05) is 34.5 Å². The van der Waals surface area contributed by atoms with E-state index in [0.717, 1.165) is 16.1 Å². The lowest BCUT2D eigenvalue weighted by atomic mass is 10.2. The van der Waals surface area contributed by atoms with E-state index in [1.165, 1.54) is 6.07 Å². The number of hydrogen-bond acceptors (Lipinski definition) is 3. The molecule has 3 N–H and O–H groups in total. The first-order chi connectivity index (χ1) is 13.5. The summed E-state index contributed by atoms with van der Waals surface area (Å²) in [5.41, 5.74) is 8.69. The van der Waals surface area contributed by atoms with Crippen LogP contribution in [-0.4, -0.2) is 20.5 Å². The number of benzene rings is 2. The molecule has 0 aliphatic rings. The molecule has 28 heavy (non-hydrogen) atoms. The summed E-state index contributed by atoms with van der Waals surface area (Å²) >= 11 is 11.5. The van der Waals surface area contributed by atoms with Crippen molar-refractivity contribution in [3.63, 3.8) is 0 Å². The molecule has 5 nitrogen and oxygen atoms in total. The van der Waals surface area contributed by atoms with E-state index in [1.54, 1.807) is 35.0 Å². The summed E-state index contributed by atoms with van der Waals surface area (Å²) in [7, 11) is 0. The lowest BCUT2D eigenvalue weighted by Gasteiger charge is -1.96. The zero-order valence-electron chi connectivity index (χ0n) is 14.7. The lowest BCUT2D eigenvalue weighted by molar-refractivity contribution is 0.0698. The average molecular weight is 414 g/mol. The SMILES string of the molecule is NCc1ccc(Cl)cc1.O=C(O)c1cccn2cc(-c3ccc(Cl)cc3)nc12. The number of halogens is 2. The lowest BCUT2D eigenvalue weighted by Crippen LogP contribution is -1.99. The summed E-state index contributed by atoms with van der Waals surface area (Å²) in [6, 6.07) is 18.0. The molecule has 4 rings (SSSR count). The van der Waals surface area contributed by atoms with Crippen LogP contribution in [0.1, 0.15) is 15.9 Å². The summed E-state index contributed by atoms with van der Waals surface area (Å²) in [6.45, 7) is 0.581. The Balaban J connectivity index is 0.000000211. The minimum Gasteiger partial charge on any atom is -0.478 e. The van der Waals surface area contributed by atoms with E-state index in [4.69, 9.17) is 34.0 Å². The van der Waals surface area contributed by atoms with E-state index >= 15 is 0 Å². The zero-order chi connectivity index (χ0) is 20.1. The molecule has 2 heterocycles. The first-order valence-corrected chi connectivity index (χ1v) is 9.15. The summed E-state index contributed by atoms with van der Waals surface area (Å²) in [5, 5.41) is 10.5. The van der Waals surface area contributed by atoms with Gasteiger partial charge in [-0.05, 0) is 42.0 Å². The van der Waals surface area contributed by atoms with Crippen molar-refractivity contribution in [3.05, 3.63) is 94.2 Å². The second kappa shape index (κ2) is 8.89. The molecule has 0 amide bonds. The number of nitrogens with zero attached hydrogens (tertiary/aromatic N) is 2. The van der Waals surface area contributed by atoms with Crippen LogP contribution in [0.2, 0.25) is 10.0 Å². The molecule has 2 aromatic carbocycles. The maximum Gasteiger partial charge on any atom is 0.339 e. The molecule has 0 saturated heterocycles. The van der Waals surface area contributed by atoms with E-state index in [0.29, 0.717) is 22.9 Å². The fourth-order valence-corrected chi connectivity index (χ4v) is 2.81. The van der Waals surface area contributed by atoms with Gasteiger partial charge in [-0.25, -0.2) is 9.78 Å². The Labute approximate surface area is 172 Å². The highest BCUT2D eigenvalue weighted by Crippen LogP contribution is 2.22. The van der Waals surface area contributed by atoms with Crippen LogP contribution >= 0.6 is 23.2 Å². The van der Waals surface area contributed by atoms with Crippen LogP contribution in [0.25, 0.3) is 16.9 Å². The minimum absolute atomic E-state index is 0.183. The molecule has 7 heteroatoms. The molecule has 0 fully saturated rings. The predicted octanol–water partition coefficient (Wildman–Crippen LogP) is 5.15. The van der Waals surface area contributed by atoms with Gasteiger partial charge in [-0.15, -0.1) is 0 Å². The van der Waals surface area contributed by atoms with E-state index in [1.807, 2.05) is 36.4 Å². The van der Waals surface area contributed by atoms with E-state index in [-0.39, 0.29) is 5.56 Å². The quantitative estimate of drug-likeness (QED) is 0.486. The largest absolute Gasteiger partial charge is 0.478 e. The van der Waals surface area contributed by atoms with Crippen LogP contribution in [0.3, 0.4) is 0 Å². The van der Waals surface area contributed by atoms with Gasteiger partial charge in [-0.1, -0.05) is 47.5 Å². The highest BCUT2D eigenvalue weighted by molar-refractivity contribution is 6.30. The number of imidazole rings is 1. The van der Waals surface area contributed by atoms with Gasteiger partial charge in [0.25, 0.3) is 0 Å². The van der Waals surface area contributed by atoms with Gasteiger partial charge in [-0.2, -0.15) is 0 Å². The highest BCUT2D eigenvalue weighted by atomic mass is 35.5. The van der Waals surface area contributed by atoms with Crippen molar-refractivity contribution in [2.75, 3.05) is 0 Å². The Bertz CT molecular complexity index is 1090. The number of pyridine rings is 1. The van der Waals surface area contributed by atoms with Crippen LogP contribution < -0.4 is 5.73 Å². The predicted molar refractivity (Wildman–Crippen MR) is 112 cm³/mol. The summed E-state index contributed by atoms with van der Waals surface area (Å²) in [5.74, 6) is -0.987. The third-order valence-corrected chi connectivity index (χ3v) is 4.51. The van der Waals surface area contributed by atoms with Crippen molar-refractivity contribution < 1.29 is 9.90 Å². The monoisotopic (exact) mass is 413 g/mol. The van der Waals surface area contributed by atoms with Crippen LogP contribution in [0.5, 0.6) is 0 Å². The molecule has 2 aromatic heterocycles. The highest BCUT2D eigenvalue weighted by Gasteiger charge is 2.12. The second-order valence-electron chi connectivity index (χ2n) is 5.92. The van der Waals surface area contributed by atoms with Crippen LogP contribution in [0.4, 0.5) is 0 Å². The van der Waals surface area contributed by atoms with Gasteiger partial charge in [0.1, 0.15) is 5.56 Å². The second-order valence-corrected chi connectivity index (χ2v) is 6.79. The van der Waals surface area contributed by atoms with Crippen LogP contribution in [0.15, 0.2) is 73.1 Å². The smallest absolute Gasteiger partial charge is 0.339 e. The number of hydrogen-bond donors (Lipinski definition) is 2. The van der Waals surface area contributed by atoms with Gasteiger partial charge in [0.05, 0.1) is 5.69 Å². The Morgan fingerprint density at radius 2 is 1.61 bits per heavy atom. The van der Waals surface area contributed by atoms with Gasteiger partial charge < -0.3 is 15.2 Å². The van der Waals surface area contributed by atoms with Gasteiger partial charge in [0.2, 0.25) is 0 Å². The molecular weight excluding hydrogens is 397 g/mol.